The predicted molar refractivity (Wildman–Crippen MR) is 115 cm³/mol. The number of sulfonamides is 1. The molecule has 0 aliphatic carbocycles. The van der Waals surface area contributed by atoms with Crippen LogP contribution in [-0.2, 0) is 16.6 Å². The molecule has 1 aromatic heterocycles. The van der Waals surface area contributed by atoms with Crippen LogP contribution in [0.25, 0.3) is 11.4 Å². The number of amides is 1. The number of nitrogens with one attached hydrogen (secondary N) is 1. The van der Waals surface area contributed by atoms with Gasteiger partial charge in [0.1, 0.15) is 0 Å². The van der Waals surface area contributed by atoms with Crippen molar-refractivity contribution in [2.75, 3.05) is 13.1 Å². The average Bonchev–Trinajstić information content (AvgIpc) is 3.27. The predicted octanol–water partition coefficient (Wildman–Crippen LogP) is 3.09. The summed E-state index contributed by atoms with van der Waals surface area (Å²) in [5.74, 6) is 0.812. The van der Waals surface area contributed by atoms with E-state index in [4.69, 9.17) is 4.52 Å². The summed E-state index contributed by atoms with van der Waals surface area (Å²) in [4.78, 5) is 17.0. The Kier molecular flexibility index (Phi) is 6.15. The maximum atomic E-state index is 12.9. The van der Waals surface area contributed by atoms with Gasteiger partial charge >= 0.3 is 0 Å². The van der Waals surface area contributed by atoms with Gasteiger partial charge in [-0.25, -0.2) is 8.42 Å². The van der Waals surface area contributed by atoms with E-state index in [2.05, 4.69) is 22.4 Å². The minimum atomic E-state index is -3.62. The number of nitrogens with zero attached hydrogens (tertiary/aromatic N) is 3. The summed E-state index contributed by atoms with van der Waals surface area (Å²) in [5.41, 5.74) is 1.07. The lowest BCUT2D eigenvalue weighted by molar-refractivity contribution is 0.0946. The zero-order valence-corrected chi connectivity index (χ0v) is 18.0. The molecule has 1 N–H and O–H groups in total. The second-order valence-corrected chi connectivity index (χ2v) is 9.61. The van der Waals surface area contributed by atoms with Crippen molar-refractivity contribution < 1.29 is 17.7 Å². The maximum absolute atomic E-state index is 12.9. The van der Waals surface area contributed by atoms with Crippen molar-refractivity contribution in [3.63, 3.8) is 0 Å². The summed E-state index contributed by atoms with van der Waals surface area (Å²) >= 11 is 0. The lowest BCUT2D eigenvalue weighted by Gasteiger charge is -2.29. The van der Waals surface area contributed by atoms with Crippen LogP contribution >= 0.6 is 0 Å². The normalized spacial score (nSPS) is 15.6. The second kappa shape index (κ2) is 8.99. The van der Waals surface area contributed by atoms with Gasteiger partial charge in [-0.15, -0.1) is 0 Å². The molecule has 0 unspecified atom stereocenters. The van der Waals surface area contributed by atoms with E-state index in [1.807, 2.05) is 30.3 Å². The topological polar surface area (TPSA) is 105 Å². The summed E-state index contributed by atoms with van der Waals surface area (Å²) < 4.78 is 32.6. The first-order valence-electron chi connectivity index (χ1n) is 10.2. The first-order chi connectivity index (χ1) is 14.9. The SMILES string of the molecule is CC1CCN(S(=O)(=O)c2cccc(C(=O)NCc3nc(-c4ccccc4)no3)c2)CC1. The summed E-state index contributed by atoms with van der Waals surface area (Å²) in [7, 11) is -3.62. The molecule has 0 radical (unpaired) electrons. The molecule has 0 spiro atoms. The molecule has 4 rings (SSSR count). The molecule has 3 aromatic rings. The number of carbonyl (C=O) groups excluding carboxylic acids is 1. The molecule has 2 heterocycles. The maximum Gasteiger partial charge on any atom is 0.251 e. The molecule has 0 atom stereocenters. The molecule has 1 aliphatic rings. The van der Waals surface area contributed by atoms with Crippen LogP contribution in [0.4, 0.5) is 0 Å². The van der Waals surface area contributed by atoms with Crippen LogP contribution in [0.1, 0.15) is 36.0 Å². The van der Waals surface area contributed by atoms with Gasteiger partial charge in [0, 0.05) is 24.2 Å². The molecular weight excluding hydrogens is 416 g/mol. The third-order valence-electron chi connectivity index (χ3n) is 5.38. The van der Waals surface area contributed by atoms with E-state index in [0.29, 0.717) is 24.8 Å². The molecule has 9 heteroatoms. The van der Waals surface area contributed by atoms with Crippen molar-refractivity contribution in [3.8, 4) is 11.4 Å². The number of hydrogen-bond donors (Lipinski definition) is 1. The molecule has 1 aliphatic heterocycles. The molecule has 2 aromatic carbocycles. The van der Waals surface area contributed by atoms with Crippen molar-refractivity contribution in [1.82, 2.24) is 19.8 Å². The molecular formula is C22H24N4O4S. The molecule has 1 fully saturated rings. The van der Waals surface area contributed by atoms with Crippen LogP contribution < -0.4 is 5.32 Å². The summed E-state index contributed by atoms with van der Waals surface area (Å²) in [6.07, 6.45) is 1.68. The molecule has 0 bridgehead atoms. The number of hydrogen-bond acceptors (Lipinski definition) is 6. The minimum Gasteiger partial charge on any atom is -0.343 e. The van der Waals surface area contributed by atoms with E-state index < -0.39 is 15.9 Å². The number of aromatic nitrogens is 2. The van der Waals surface area contributed by atoms with Gasteiger partial charge in [0.15, 0.2) is 0 Å². The molecule has 1 saturated heterocycles. The van der Waals surface area contributed by atoms with Crippen molar-refractivity contribution in [3.05, 3.63) is 66.1 Å². The number of piperidine rings is 1. The summed E-state index contributed by atoms with van der Waals surface area (Å²) in [6.45, 7) is 3.17. The first-order valence-corrected chi connectivity index (χ1v) is 11.6. The van der Waals surface area contributed by atoms with Gasteiger partial charge in [0.2, 0.25) is 21.7 Å². The third kappa shape index (κ3) is 4.83. The zero-order chi connectivity index (χ0) is 21.8. The Morgan fingerprint density at radius 1 is 1.13 bits per heavy atom. The Hall–Kier alpha value is -3.04. The highest BCUT2D eigenvalue weighted by molar-refractivity contribution is 7.89. The Labute approximate surface area is 181 Å². The standard InChI is InChI=1S/C22H24N4O4S/c1-16-10-12-26(13-11-16)31(28,29)19-9-5-8-18(14-19)22(27)23-15-20-24-21(25-30-20)17-6-3-2-4-7-17/h2-9,14,16H,10-13,15H2,1H3,(H,23,27). The summed E-state index contributed by atoms with van der Waals surface area (Å²) in [6, 6.07) is 15.5. The van der Waals surface area contributed by atoms with E-state index in [0.717, 1.165) is 18.4 Å². The monoisotopic (exact) mass is 440 g/mol. The number of carbonyl (C=O) groups is 1. The quantitative estimate of drug-likeness (QED) is 0.631. The van der Waals surface area contributed by atoms with Crippen molar-refractivity contribution in [2.45, 2.75) is 31.2 Å². The Bertz CT molecular complexity index is 1150. The van der Waals surface area contributed by atoms with Crippen LogP contribution in [0.3, 0.4) is 0 Å². The minimum absolute atomic E-state index is 0.0413. The molecule has 1 amide bonds. The van der Waals surface area contributed by atoms with Gasteiger partial charge in [-0.2, -0.15) is 9.29 Å². The largest absolute Gasteiger partial charge is 0.343 e. The van der Waals surface area contributed by atoms with E-state index in [9.17, 15) is 13.2 Å². The van der Waals surface area contributed by atoms with Crippen LogP contribution in [0.5, 0.6) is 0 Å². The van der Waals surface area contributed by atoms with E-state index >= 15 is 0 Å². The van der Waals surface area contributed by atoms with Gasteiger partial charge in [-0.1, -0.05) is 48.5 Å². The van der Waals surface area contributed by atoms with E-state index in [-0.39, 0.29) is 22.9 Å². The highest BCUT2D eigenvalue weighted by atomic mass is 32.2. The van der Waals surface area contributed by atoms with E-state index in [1.165, 1.54) is 16.4 Å². The van der Waals surface area contributed by atoms with Crippen LogP contribution in [0.2, 0.25) is 0 Å². The smallest absolute Gasteiger partial charge is 0.251 e. The van der Waals surface area contributed by atoms with Crippen molar-refractivity contribution in [2.24, 2.45) is 5.92 Å². The van der Waals surface area contributed by atoms with Gasteiger partial charge in [-0.3, -0.25) is 4.79 Å². The zero-order valence-electron chi connectivity index (χ0n) is 17.2. The van der Waals surface area contributed by atoms with E-state index in [1.54, 1.807) is 12.1 Å². The lowest BCUT2D eigenvalue weighted by atomic mass is 10.0. The molecule has 8 nitrogen and oxygen atoms in total. The van der Waals surface area contributed by atoms with Crippen LogP contribution in [-0.4, -0.2) is 41.9 Å². The van der Waals surface area contributed by atoms with Gasteiger partial charge in [0.05, 0.1) is 11.4 Å². The van der Waals surface area contributed by atoms with Crippen LogP contribution in [0.15, 0.2) is 64.0 Å². The first kappa shape index (κ1) is 21.2. The number of rotatable bonds is 6. The van der Waals surface area contributed by atoms with Gasteiger partial charge < -0.3 is 9.84 Å². The van der Waals surface area contributed by atoms with Gasteiger partial charge in [0.25, 0.3) is 5.91 Å². The number of benzene rings is 2. The highest BCUT2D eigenvalue weighted by Crippen LogP contribution is 2.24. The Morgan fingerprint density at radius 3 is 2.61 bits per heavy atom. The fraction of sp³-hybridized carbons (Fsp3) is 0.318. The molecule has 0 saturated carbocycles. The molecule has 162 valence electrons. The highest BCUT2D eigenvalue weighted by Gasteiger charge is 2.28. The fourth-order valence-corrected chi connectivity index (χ4v) is 4.98. The third-order valence-corrected chi connectivity index (χ3v) is 7.27. The van der Waals surface area contributed by atoms with Crippen LogP contribution in [0, 0.1) is 5.92 Å². The Morgan fingerprint density at radius 2 is 1.87 bits per heavy atom. The van der Waals surface area contributed by atoms with Gasteiger partial charge in [-0.05, 0) is 37.0 Å². The average molecular weight is 441 g/mol. The Balaban J connectivity index is 1.42. The fourth-order valence-electron chi connectivity index (χ4n) is 3.46. The summed E-state index contributed by atoms with van der Waals surface area (Å²) in [5, 5.41) is 6.62. The van der Waals surface area contributed by atoms with Crippen molar-refractivity contribution >= 4 is 15.9 Å². The lowest BCUT2D eigenvalue weighted by Crippen LogP contribution is -2.38. The van der Waals surface area contributed by atoms with Crippen molar-refractivity contribution in [1.29, 1.82) is 0 Å². The second-order valence-electron chi connectivity index (χ2n) is 7.67. The molecule has 31 heavy (non-hydrogen) atoms.